The first-order chi connectivity index (χ1) is 19.2. The molecule has 3 heterocycles. The number of rotatable bonds is 6. The summed E-state index contributed by atoms with van der Waals surface area (Å²) in [6.45, 7) is 15.9. The predicted octanol–water partition coefficient (Wildman–Crippen LogP) is 9.05. The highest BCUT2D eigenvalue weighted by atomic mass is 35.5. The fourth-order valence-electron chi connectivity index (χ4n) is 4.82. The van der Waals surface area contributed by atoms with Crippen molar-refractivity contribution in [2.24, 2.45) is 0 Å². The van der Waals surface area contributed by atoms with Gasteiger partial charge in [-0.1, -0.05) is 23.7 Å². The molecular formula is C33H35ClN4O2S. The molecule has 212 valence electrons. The number of hydrogen-bond acceptors (Lipinski definition) is 6. The molecule has 0 saturated carbocycles. The third-order valence-electron chi connectivity index (χ3n) is 6.74. The first kappa shape index (κ1) is 29.1. The summed E-state index contributed by atoms with van der Waals surface area (Å²) in [6.07, 6.45) is 4.96. The van der Waals surface area contributed by atoms with Crippen LogP contribution in [0.5, 0.6) is 0 Å². The number of carbonyl (C=O) groups excluding carboxylic acids is 1. The lowest BCUT2D eigenvalue weighted by atomic mass is 9.90. The summed E-state index contributed by atoms with van der Waals surface area (Å²) in [6, 6.07) is 13.8. The van der Waals surface area contributed by atoms with Crippen LogP contribution in [0.1, 0.15) is 65.7 Å². The average Bonchev–Trinajstić information content (AvgIpc) is 3.55. The van der Waals surface area contributed by atoms with Gasteiger partial charge >= 0.3 is 0 Å². The van der Waals surface area contributed by atoms with Crippen LogP contribution in [-0.2, 0) is 15.1 Å². The molecule has 5 aromatic rings. The normalized spacial score (nSPS) is 13.1. The van der Waals surface area contributed by atoms with Gasteiger partial charge in [-0.15, -0.1) is 11.3 Å². The predicted molar refractivity (Wildman–Crippen MR) is 169 cm³/mol. The van der Waals surface area contributed by atoms with Crippen LogP contribution < -0.4 is 0 Å². The summed E-state index contributed by atoms with van der Waals surface area (Å²) >= 11 is 7.86. The Kier molecular flexibility index (Phi) is 7.66. The molecule has 0 aliphatic rings. The molecule has 0 aliphatic heterocycles. The highest BCUT2D eigenvalue weighted by Gasteiger charge is 2.30. The maximum absolute atomic E-state index is 13.0. The molecule has 6 nitrogen and oxygen atoms in total. The Balaban J connectivity index is 1.70. The minimum atomic E-state index is -0.720. The zero-order chi connectivity index (χ0) is 29.7. The van der Waals surface area contributed by atoms with Crippen LogP contribution in [0.3, 0.4) is 0 Å². The van der Waals surface area contributed by atoms with Crippen molar-refractivity contribution < 1.29 is 9.53 Å². The quantitative estimate of drug-likeness (QED) is 0.198. The monoisotopic (exact) mass is 586 g/mol. The molecule has 0 aliphatic carbocycles. The average molecular weight is 587 g/mol. The number of ketones is 1. The zero-order valence-corrected chi connectivity index (χ0v) is 26.3. The molecule has 5 rings (SSSR count). The number of nitrogens with zero attached hydrogens (tertiary/aromatic N) is 4. The van der Waals surface area contributed by atoms with E-state index in [-0.39, 0.29) is 11.3 Å². The number of pyridine rings is 1. The Labute approximate surface area is 250 Å². The van der Waals surface area contributed by atoms with Gasteiger partial charge in [0.1, 0.15) is 11.1 Å². The third-order valence-corrected chi connectivity index (χ3v) is 8.13. The number of Topliss-reactive ketones (excluding diaryl/α,β-unsaturated/α-hetero) is 1. The number of hydrogen-bond donors (Lipinski definition) is 0. The van der Waals surface area contributed by atoms with Gasteiger partial charge in [0.05, 0.1) is 33.2 Å². The molecule has 0 saturated heterocycles. The smallest absolute Gasteiger partial charge is 0.163 e. The van der Waals surface area contributed by atoms with Gasteiger partial charge in [0.25, 0.3) is 0 Å². The fourth-order valence-corrected chi connectivity index (χ4v) is 6.06. The van der Waals surface area contributed by atoms with E-state index in [0.717, 1.165) is 54.3 Å². The summed E-state index contributed by atoms with van der Waals surface area (Å²) < 4.78 is 9.31. The number of aryl methyl sites for hydroxylation is 1. The second-order valence-electron chi connectivity index (χ2n) is 12.4. The van der Waals surface area contributed by atoms with Crippen molar-refractivity contribution in [3.63, 3.8) is 0 Å². The number of ether oxygens (including phenoxy) is 1. The van der Waals surface area contributed by atoms with Crippen molar-refractivity contribution in [1.29, 1.82) is 0 Å². The van der Waals surface area contributed by atoms with Gasteiger partial charge in [-0.25, -0.2) is 4.98 Å². The number of carbonyl (C=O) groups is 1. The van der Waals surface area contributed by atoms with Crippen LogP contribution in [-0.4, -0.2) is 31.1 Å². The van der Waals surface area contributed by atoms with Gasteiger partial charge in [0, 0.05) is 39.7 Å². The van der Waals surface area contributed by atoms with Crippen LogP contribution in [0.25, 0.3) is 43.2 Å². The number of thiazole rings is 1. The van der Waals surface area contributed by atoms with E-state index in [9.17, 15) is 4.79 Å². The standard InChI is InChI=1S/C33H35ClN4O2S/c1-19-15-26-30(28(21-9-11-24(34)12-10-21)27(19)29(20(2)39)40-33(6,7)8)41-31(37-26)22-13-14-35-25(16-22)23-17-36-38(18-23)32(3,4)5/h9-18,29H,1-8H3/t29-/m1/s1. The molecule has 0 bridgehead atoms. The number of halogens is 1. The number of fused-ring (bicyclic) bond motifs is 1. The Morgan fingerprint density at radius 3 is 2.32 bits per heavy atom. The molecule has 2 aromatic carbocycles. The van der Waals surface area contributed by atoms with E-state index in [1.165, 1.54) is 0 Å². The van der Waals surface area contributed by atoms with Gasteiger partial charge in [-0.2, -0.15) is 5.10 Å². The van der Waals surface area contributed by atoms with Crippen LogP contribution in [0.2, 0.25) is 5.02 Å². The minimum Gasteiger partial charge on any atom is -0.360 e. The van der Waals surface area contributed by atoms with Crippen molar-refractivity contribution in [3.8, 4) is 33.0 Å². The van der Waals surface area contributed by atoms with Crippen molar-refractivity contribution in [2.45, 2.75) is 72.6 Å². The second-order valence-corrected chi connectivity index (χ2v) is 13.8. The van der Waals surface area contributed by atoms with E-state index in [4.69, 9.17) is 21.3 Å². The maximum atomic E-state index is 13.0. The first-order valence-electron chi connectivity index (χ1n) is 13.6. The molecule has 0 N–H and O–H groups in total. The van der Waals surface area contributed by atoms with E-state index in [1.807, 2.05) is 81.3 Å². The largest absolute Gasteiger partial charge is 0.360 e. The molecule has 0 fully saturated rings. The fraction of sp³-hybridized carbons (Fsp3) is 0.333. The summed E-state index contributed by atoms with van der Waals surface area (Å²) in [5.74, 6) is -0.0445. The van der Waals surface area contributed by atoms with Crippen LogP contribution in [0, 0.1) is 6.92 Å². The van der Waals surface area contributed by atoms with Gasteiger partial charge in [-0.3, -0.25) is 14.5 Å². The van der Waals surface area contributed by atoms with Gasteiger partial charge in [0.15, 0.2) is 5.78 Å². The van der Waals surface area contributed by atoms with E-state index in [1.54, 1.807) is 18.3 Å². The van der Waals surface area contributed by atoms with Crippen molar-refractivity contribution in [3.05, 3.63) is 77.2 Å². The summed E-state index contributed by atoms with van der Waals surface area (Å²) in [7, 11) is 0. The summed E-state index contributed by atoms with van der Waals surface area (Å²) in [4.78, 5) is 22.7. The zero-order valence-electron chi connectivity index (χ0n) is 24.7. The van der Waals surface area contributed by atoms with Crippen LogP contribution >= 0.6 is 22.9 Å². The Morgan fingerprint density at radius 2 is 1.71 bits per heavy atom. The highest BCUT2D eigenvalue weighted by molar-refractivity contribution is 7.22. The van der Waals surface area contributed by atoms with Gasteiger partial charge in [0.2, 0.25) is 0 Å². The van der Waals surface area contributed by atoms with E-state index in [0.29, 0.717) is 5.02 Å². The van der Waals surface area contributed by atoms with Gasteiger partial charge in [-0.05, 0) is 96.8 Å². The molecule has 8 heteroatoms. The van der Waals surface area contributed by atoms with Crippen molar-refractivity contribution in [1.82, 2.24) is 19.7 Å². The molecule has 41 heavy (non-hydrogen) atoms. The molecule has 3 aromatic heterocycles. The van der Waals surface area contributed by atoms with Crippen LogP contribution in [0.4, 0.5) is 0 Å². The molecule has 1 atom stereocenters. The first-order valence-corrected chi connectivity index (χ1v) is 14.8. The summed E-state index contributed by atoms with van der Waals surface area (Å²) in [5.41, 5.74) is 6.72. The molecule has 0 spiro atoms. The van der Waals surface area contributed by atoms with E-state index in [2.05, 4.69) is 43.0 Å². The van der Waals surface area contributed by atoms with E-state index >= 15 is 0 Å². The molecule has 0 radical (unpaired) electrons. The SMILES string of the molecule is CC(=O)[C@@H](OC(C)(C)C)c1c(C)cc2nc(-c3ccnc(-c4cnn(C(C)(C)C)c4)c3)sc2c1-c1ccc(Cl)cc1. The lowest BCUT2D eigenvalue weighted by Gasteiger charge is -2.29. The van der Waals surface area contributed by atoms with E-state index < -0.39 is 11.7 Å². The number of benzene rings is 2. The minimum absolute atomic E-state index is 0.0445. The van der Waals surface area contributed by atoms with Crippen LogP contribution in [0.15, 0.2) is 61.1 Å². The number of aromatic nitrogens is 4. The maximum Gasteiger partial charge on any atom is 0.163 e. The Bertz CT molecular complexity index is 1740. The highest BCUT2D eigenvalue weighted by Crippen LogP contribution is 2.44. The molecule has 0 unspecified atom stereocenters. The Morgan fingerprint density at radius 1 is 1.00 bits per heavy atom. The summed E-state index contributed by atoms with van der Waals surface area (Å²) in [5, 5.41) is 6.06. The lowest BCUT2D eigenvalue weighted by Crippen LogP contribution is -2.27. The molecular weight excluding hydrogens is 552 g/mol. The van der Waals surface area contributed by atoms with Crippen molar-refractivity contribution in [2.75, 3.05) is 0 Å². The lowest BCUT2D eigenvalue weighted by molar-refractivity contribution is -0.138. The van der Waals surface area contributed by atoms with Crippen molar-refractivity contribution >= 4 is 38.9 Å². The van der Waals surface area contributed by atoms with Gasteiger partial charge < -0.3 is 4.74 Å². The Hall–Kier alpha value is -3.39. The topological polar surface area (TPSA) is 69.9 Å². The third kappa shape index (κ3) is 6.13. The second kappa shape index (κ2) is 10.8. The molecule has 0 amide bonds.